The summed E-state index contributed by atoms with van der Waals surface area (Å²) in [6, 6.07) is 14.8. The van der Waals surface area contributed by atoms with E-state index in [0.29, 0.717) is 11.4 Å². The van der Waals surface area contributed by atoms with Crippen LogP contribution < -0.4 is 19.9 Å². The quantitative estimate of drug-likeness (QED) is 0.716. The van der Waals surface area contributed by atoms with Crippen molar-refractivity contribution >= 4 is 23.2 Å². The molecular weight excluding hydrogens is 368 g/mol. The fourth-order valence-electron chi connectivity index (χ4n) is 3.22. The summed E-state index contributed by atoms with van der Waals surface area (Å²) in [4.78, 5) is 29.9. The number of methoxy groups -OCH3 is 1. The van der Waals surface area contributed by atoms with Crippen molar-refractivity contribution in [3.63, 3.8) is 0 Å². The summed E-state index contributed by atoms with van der Waals surface area (Å²) in [5.41, 5.74) is 1.01. The Morgan fingerprint density at radius 2 is 1.66 bits per heavy atom. The minimum Gasteiger partial charge on any atom is -0.497 e. The third-order valence-corrected chi connectivity index (χ3v) is 4.81. The highest BCUT2D eigenvalue weighted by Gasteiger charge is 2.20. The van der Waals surface area contributed by atoms with E-state index in [-0.39, 0.29) is 5.91 Å². The second kappa shape index (κ2) is 8.55. The van der Waals surface area contributed by atoms with Crippen LogP contribution in [0.3, 0.4) is 0 Å². The summed E-state index contributed by atoms with van der Waals surface area (Å²) in [7, 11) is 1.60. The molecule has 1 aliphatic heterocycles. The van der Waals surface area contributed by atoms with Crippen molar-refractivity contribution in [1.82, 2.24) is 15.0 Å². The third kappa shape index (κ3) is 4.43. The van der Waals surface area contributed by atoms with E-state index >= 15 is 0 Å². The maximum atomic E-state index is 12.6. The molecule has 1 aliphatic rings. The van der Waals surface area contributed by atoms with E-state index < -0.39 is 0 Å². The van der Waals surface area contributed by atoms with Crippen LogP contribution in [-0.4, -0.2) is 54.1 Å². The van der Waals surface area contributed by atoms with E-state index in [1.807, 2.05) is 18.2 Å². The molecule has 1 aromatic carbocycles. The molecule has 4 rings (SSSR count). The van der Waals surface area contributed by atoms with Gasteiger partial charge in [0.25, 0.3) is 5.91 Å². The lowest BCUT2D eigenvalue weighted by Crippen LogP contribution is -2.47. The maximum absolute atomic E-state index is 12.6. The number of benzene rings is 1. The van der Waals surface area contributed by atoms with Gasteiger partial charge in [-0.2, -0.15) is 0 Å². The molecule has 1 saturated heterocycles. The average Bonchev–Trinajstić information content (AvgIpc) is 2.80. The van der Waals surface area contributed by atoms with E-state index in [4.69, 9.17) is 4.74 Å². The van der Waals surface area contributed by atoms with Gasteiger partial charge in [-0.05, 0) is 36.4 Å². The largest absolute Gasteiger partial charge is 0.497 e. The number of carbonyl (C=O) groups is 1. The van der Waals surface area contributed by atoms with Gasteiger partial charge in [0.2, 0.25) is 0 Å². The molecule has 0 bridgehead atoms. The monoisotopic (exact) mass is 390 g/mol. The lowest BCUT2D eigenvalue weighted by Gasteiger charge is -2.36. The molecular formula is C21H22N6O2. The number of hydrogen-bond donors (Lipinski definition) is 1. The number of carbonyl (C=O) groups excluding carboxylic acids is 1. The van der Waals surface area contributed by atoms with Gasteiger partial charge in [-0.15, -0.1) is 0 Å². The Kier molecular flexibility index (Phi) is 5.51. The number of pyridine rings is 1. The van der Waals surface area contributed by atoms with Gasteiger partial charge in [0, 0.05) is 44.1 Å². The molecule has 3 aromatic rings. The Hall–Kier alpha value is -3.68. The maximum Gasteiger partial charge on any atom is 0.274 e. The zero-order valence-electron chi connectivity index (χ0n) is 16.2. The molecule has 0 aliphatic carbocycles. The number of nitrogens with one attached hydrogen (secondary N) is 1. The topological polar surface area (TPSA) is 83.5 Å². The van der Waals surface area contributed by atoms with Crippen LogP contribution in [0.1, 0.15) is 10.5 Å². The fraction of sp³-hybridized carbons (Fsp3) is 0.238. The SMILES string of the molecule is COc1ccc(NC(=O)c2cc(N3CCN(c4ccccn4)CC3)ncn2)cc1. The van der Waals surface area contributed by atoms with Crippen molar-refractivity contribution in [3.8, 4) is 5.75 Å². The Bertz CT molecular complexity index is 956. The first-order valence-corrected chi connectivity index (χ1v) is 9.41. The first kappa shape index (κ1) is 18.7. The number of nitrogens with zero attached hydrogens (tertiary/aromatic N) is 5. The highest BCUT2D eigenvalue weighted by Crippen LogP contribution is 2.19. The number of piperazine rings is 1. The second-order valence-electron chi connectivity index (χ2n) is 6.61. The van der Waals surface area contributed by atoms with Crippen molar-refractivity contribution in [2.24, 2.45) is 0 Å². The van der Waals surface area contributed by atoms with Crippen molar-refractivity contribution in [3.05, 3.63) is 66.7 Å². The van der Waals surface area contributed by atoms with Crippen LogP contribution in [0.25, 0.3) is 0 Å². The highest BCUT2D eigenvalue weighted by molar-refractivity contribution is 6.03. The number of rotatable bonds is 5. The minimum atomic E-state index is -0.272. The van der Waals surface area contributed by atoms with Gasteiger partial charge in [-0.3, -0.25) is 4.79 Å². The van der Waals surface area contributed by atoms with Crippen LogP contribution in [0.2, 0.25) is 0 Å². The number of hydrogen-bond acceptors (Lipinski definition) is 7. The number of amides is 1. The van der Waals surface area contributed by atoms with Crippen LogP contribution in [0.15, 0.2) is 61.1 Å². The van der Waals surface area contributed by atoms with Gasteiger partial charge in [0.15, 0.2) is 0 Å². The molecule has 0 unspecified atom stereocenters. The zero-order valence-corrected chi connectivity index (χ0v) is 16.2. The van der Waals surface area contributed by atoms with Crippen LogP contribution in [-0.2, 0) is 0 Å². The van der Waals surface area contributed by atoms with E-state index in [2.05, 4.69) is 30.1 Å². The Morgan fingerprint density at radius 1 is 0.931 bits per heavy atom. The highest BCUT2D eigenvalue weighted by atomic mass is 16.5. The first-order valence-electron chi connectivity index (χ1n) is 9.41. The van der Waals surface area contributed by atoms with Crippen molar-refractivity contribution in [1.29, 1.82) is 0 Å². The van der Waals surface area contributed by atoms with E-state index in [1.165, 1.54) is 6.33 Å². The van der Waals surface area contributed by atoms with Gasteiger partial charge >= 0.3 is 0 Å². The molecule has 3 heterocycles. The molecule has 0 saturated carbocycles. The normalized spacial score (nSPS) is 13.8. The van der Waals surface area contributed by atoms with E-state index in [9.17, 15) is 4.79 Å². The van der Waals surface area contributed by atoms with E-state index in [1.54, 1.807) is 43.6 Å². The lowest BCUT2D eigenvalue weighted by molar-refractivity contribution is 0.102. The van der Waals surface area contributed by atoms with Gasteiger partial charge in [0.05, 0.1) is 7.11 Å². The fourth-order valence-corrected chi connectivity index (χ4v) is 3.22. The standard InChI is InChI=1S/C21H22N6O2/c1-29-17-7-5-16(6-8-17)25-21(28)18-14-20(24-15-23-18)27-12-10-26(11-13-27)19-4-2-3-9-22-19/h2-9,14-15H,10-13H2,1H3,(H,25,28). The summed E-state index contributed by atoms with van der Waals surface area (Å²) in [6.07, 6.45) is 3.24. The number of aromatic nitrogens is 3. The molecule has 8 heteroatoms. The smallest absolute Gasteiger partial charge is 0.274 e. The molecule has 1 N–H and O–H groups in total. The second-order valence-corrected chi connectivity index (χ2v) is 6.61. The molecule has 0 spiro atoms. The summed E-state index contributed by atoms with van der Waals surface area (Å²) in [5, 5.41) is 2.85. The molecule has 0 atom stereocenters. The van der Waals surface area contributed by atoms with Gasteiger partial charge in [-0.1, -0.05) is 6.07 Å². The zero-order chi connectivity index (χ0) is 20.1. The van der Waals surface area contributed by atoms with Crippen molar-refractivity contribution < 1.29 is 9.53 Å². The average molecular weight is 390 g/mol. The number of ether oxygens (including phenoxy) is 1. The number of anilines is 3. The van der Waals surface area contributed by atoms with Crippen LogP contribution in [0, 0.1) is 0 Å². The van der Waals surface area contributed by atoms with Gasteiger partial charge in [0.1, 0.15) is 29.4 Å². The minimum absolute atomic E-state index is 0.272. The van der Waals surface area contributed by atoms with Crippen LogP contribution in [0.4, 0.5) is 17.3 Å². The molecule has 2 aromatic heterocycles. The summed E-state index contributed by atoms with van der Waals surface area (Å²) < 4.78 is 5.13. The van der Waals surface area contributed by atoms with Gasteiger partial charge < -0.3 is 19.9 Å². The molecule has 148 valence electrons. The van der Waals surface area contributed by atoms with Gasteiger partial charge in [-0.25, -0.2) is 15.0 Å². The Balaban J connectivity index is 1.40. The summed E-state index contributed by atoms with van der Waals surface area (Å²) in [6.45, 7) is 3.28. The summed E-state index contributed by atoms with van der Waals surface area (Å²) in [5.74, 6) is 2.19. The Labute approximate surface area is 169 Å². The Morgan fingerprint density at radius 3 is 2.31 bits per heavy atom. The van der Waals surface area contributed by atoms with Crippen molar-refractivity contribution in [2.75, 3.05) is 48.4 Å². The predicted molar refractivity (Wildman–Crippen MR) is 112 cm³/mol. The van der Waals surface area contributed by atoms with Crippen molar-refractivity contribution in [2.45, 2.75) is 0 Å². The third-order valence-electron chi connectivity index (χ3n) is 4.81. The molecule has 0 radical (unpaired) electrons. The molecule has 8 nitrogen and oxygen atoms in total. The predicted octanol–water partition coefficient (Wildman–Crippen LogP) is 2.46. The summed E-state index contributed by atoms with van der Waals surface area (Å²) >= 11 is 0. The first-order chi connectivity index (χ1) is 14.2. The molecule has 29 heavy (non-hydrogen) atoms. The molecule has 1 fully saturated rings. The van der Waals surface area contributed by atoms with E-state index in [0.717, 1.165) is 43.6 Å². The van der Waals surface area contributed by atoms with Crippen LogP contribution >= 0.6 is 0 Å². The lowest BCUT2D eigenvalue weighted by atomic mass is 10.2. The molecule has 1 amide bonds. The van der Waals surface area contributed by atoms with Crippen LogP contribution in [0.5, 0.6) is 5.75 Å².